The highest BCUT2D eigenvalue weighted by Gasteiger charge is 2.17. The first kappa shape index (κ1) is 25.6. The number of fused-ring (bicyclic) bond motifs is 1. The number of imidazole rings is 1. The number of carboxylic acids is 1. The number of rotatable bonds is 6. The molecule has 5 rings (SSSR count). The molecule has 2 heterocycles. The van der Waals surface area contributed by atoms with Crippen LogP contribution in [0.2, 0.25) is 0 Å². The minimum absolute atomic E-state index is 0.00987. The summed E-state index contributed by atoms with van der Waals surface area (Å²) in [6.45, 7) is 6.26. The lowest BCUT2D eigenvalue weighted by atomic mass is 9.87. The Labute approximate surface area is 224 Å². The molecule has 0 aliphatic carbocycles. The lowest BCUT2D eigenvalue weighted by Crippen LogP contribution is -2.15. The molecule has 1 amide bonds. The van der Waals surface area contributed by atoms with E-state index in [2.05, 4.69) is 41.4 Å². The highest BCUT2D eigenvalue weighted by molar-refractivity contribution is 6.04. The number of benzene rings is 3. The number of nitrogens with one attached hydrogen (secondary N) is 2. The van der Waals surface area contributed by atoms with Crippen LogP contribution in [0.25, 0.3) is 16.9 Å². The van der Waals surface area contributed by atoms with Crippen molar-refractivity contribution in [1.29, 1.82) is 0 Å². The van der Waals surface area contributed by atoms with Crippen molar-refractivity contribution in [2.45, 2.75) is 26.2 Å². The first-order valence-electron chi connectivity index (χ1n) is 12.2. The summed E-state index contributed by atoms with van der Waals surface area (Å²) < 4.78 is 16.5. The van der Waals surface area contributed by atoms with Crippen LogP contribution in [0.15, 0.2) is 85.3 Å². The molecule has 3 aromatic carbocycles. The molecule has 0 radical (unpaired) electrons. The third-order valence-corrected chi connectivity index (χ3v) is 6.31. The summed E-state index contributed by atoms with van der Waals surface area (Å²) >= 11 is 0. The molecule has 0 atom stereocenters. The third kappa shape index (κ3) is 5.33. The van der Waals surface area contributed by atoms with Crippen LogP contribution in [0.5, 0.6) is 0 Å². The number of anilines is 3. The number of carboxylic acid groups (broad SMARTS) is 1. The van der Waals surface area contributed by atoms with E-state index >= 15 is 0 Å². The zero-order chi connectivity index (χ0) is 27.7. The maximum atomic E-state index is 14.8. The van der Waals surface area contributed by atoms with Crippen LogP contribution in [-0.4, -0.2) is 31.4 Å². The Kier molecular flexibility index (Phi) is 6.57. The van der Waals surface area contributed by atoms with E-state index in [4.69, 9.17) is 0 Å². The summed E-state index contributed by atoms with van der Waals surface area (Å²) in [5, 5.41) is 15.3. The van der Waals surface area contributed by atoms with E-state index in [-0.39, 0.29) is 16.7 Å². The minimum Gasteiger partial charge on any atom is -0.478 e. The van der Waals surface area contributed by atoms with Crippen LogP contribution < -0.4 is 10.6 Å². The Morgan fingerprint density at radius 3 is 2.44 bits per heavy atom. The van der Waals surface area contributed by atoms with Gasteiger partial charge in [0.15, 0.2) is 11.5 Å². The maximum absolute atomic E-state index is 14.8. The van der Waals surface area contributed by atoms with E-state index in [0.717, 1.165) is 5.56 Å². The molecular weight excluding hydrogens is 497 g/mol. The molecule has 0 spiro atoms. The van der Waals surface area contributed by atoms with E-state index in [1.807, 2.05) is 12.1 Å². The second-order valence-corrected chi connectivity index (χ2v) is 10.1. The quantitative estimate of drug-likeness (QED) is 0.234. The summed E-state index contributed by atoms with van der Waals surface area (Å²) in [6.07, 6.45) is 5.04. The molecule has 0 saturated heterocycles. The van der Waals surface area contributed by atoms with Gasteiger partial charge in [-0.25, -0.2) is 19.2 Å². The monoisotopic (exact) mass is 523 g/mol. The van der Waals surface area contributed by atoms with Gasteiger partial charge in [0.2, 0.25) is 0 Å². The van der Waals surface area contributed by atoms with E-state index < -0.39 is 17.7 Å². The predicted octanol–water partition coefficient (Wildman–Crippen LogP) is 6.53. The van der Waals surface area contributed by atoms with Crippen molar-refractivity contribution in [1.82, 2.24) is 14.4 Å². The zero-order valence-corrected chi connectivity index (χ0v) is 21.6. The largest absolute Gasteiger partial charge is 0.478 e. The first-order valence-corrected chi connectivity index (χ1v) is 12.2. The molecule has 8 nitrogen and oxygen atoms in total. The van der Waals surface area contributed by atoms with Crippen LogP contribution in [0, 0.1) is 5.82 Å². The molecule has 0 aliphatic rings. The van der Waals surface area contributed by atoms with Gasteiger partial charge in [-0.2, -0.15) is 0 Å². The highest BCUT2D eigenvalue weighted by Crippen LogP contribution is 2.29. The minimum atomic E-state index is -1.08. The maximum Gasteiger partial charge on any atom is 0.337 e. The number of amides is 1. The van der Waals surface area contributed by atoms with Gasteiger partial charge in [-0.3, -0.25) is 4.79 Å². The molecule has 3 N–H and O–H groups in total. The molecule has 196 valence electrons. The normalized spacial score (nSPS) is 11.4. The van der Waals surface area contributed by atoms with Gasteiger partial charge in [-0.15, -0.1) is 0 Å². The number of aromatic nitrogens is 3. The van der Waals surface area contributed by atoms with Crippen LogP contribution in [0.4, 0.5) is 21.6 Å². The van der Waals surface area contributed by atoms with Gasteiger partial charge in [0, 0.05) is 29.7 Å². The van der Waals surface area contributed by atoms with Crippen molar-refractivity contribution in [3.63, 3.8) is 0 Å². The fraction of sp³-hybridized carbons (Fsp3) is 0.133. The number of hydrogen-bond donors (Lipinski definition) is 3. The SMILES string of the molecule is CC(C)(C)c1ccc(C(=O)Nc2cc(-c3cn4ccnc4c(Nc4ccccc4C(=O)O)n3)ccc2F)cc1. The lowest BCUT2D eigenvalue weighted by Gasteiger charge is -2.19. The van der Waals surface area contributed by atoms with E-state index in [1.165, 1.54) is 18.2 Å². The molecular formula is C30H26FN5O3. The lowest BCUT2D eigenvalue weighted by molar-refractivity contribution is 0.0697. The summed E-state index contributed by atoms with van der Waals surface area (Å²) in [5.41, 5.74) is 3.37. The average Bonchev–Trinajstić information content (AvgIpc) is 3.39. The van der Waals surface area contributed by atoms with Crippen molar-refractivity contribution in [2.24, 2.45) is 0 Å². The summed E-state index contributed by atoms with van der Waals surface area (Å²) in [5.74, 6) is -1.78. The number of halogens is 1. The summed E-state index contributed by atoms with van der Waals surface area (Å²) in [6, 6.07) is 18.0. The molecule has 0 aliphatic heterocycles. The number of carbonyl (C=O) groups excluding carboxylic acids is 1. The molecule has 0 saturated carbocycles. The molecule has 9 heteroatoms. The highest BCUT2D eigenvalue weighted by atomic mass is 19.1. The summed E-state index contributed by atoms with van der Waals surface area (Å²) in [4.78, 5) is 33.6. The fourth-order valence-electron chi connectivity index (χ4n) is 4.16. The zero-order valence-electron chi connectivity index (χ0n) is 21.6. The van der Waals surface area contributed by atoms with E-state index in [0.29, 0.717) is 34.0 Å². The predicted molar refractivity (Wildman–Crippen MR) is 148 cm³/mol. The molecule has 2 aromatic heterocycles. The van der Waals surface area contributed by atoms with Gasteiger partial charge < -0.3 is 20.1 Å². The van der Waals surface area contributed by atoms with E-state index in [1.54, 1.807) is 59.4 Å². The fourth-order valence-corrected chi connectivity index (χ4v) is 4.16. The van der Waals surface area contributed by atoms with Crippen molar-refractivity contribution in [2.75, 3.05) is 10.6 Å². The number of aromatic carboxylic acids is 1. The number of para-hydroxylation sites is 1. The smallest absolute Gasteiger partial charge is 0.337 e. The van der Waals surface area contributed by atoms with Gasteiger partial charge >= 0.3 is 5.97 Å². The van der Waals surface area contributed by atoms with Gasteiger partial charge in [0.25, 0.3) is 5.91 Å². The van der Waals surface area contributed by atoms with Crippen LogP contribution in [0.3, 0.4) is 0 Å². The molecule has 39 heavy (non-hydrogen) atoms. The number of hydrogen-bond acceptors (Lipinski definition) is 5. The molecule has 5 aromatic rings. The van der Waals surface area contributed by atoms with Crippen molar-refractivity contribution < 1.29 is 19.1 Å². The standard InChI is InChI=1S/C30H26FN5O3/c1-30(2,3)20-11-8-18(9-12-20)28(37)35-24-16-19(10-13-22(24)31)25-17-36-15-14-32-27(36)26(34-25)33-23-7-5-4-6-21(23)29(38)39/h4-17H,1-3H3,(H,33,34)(H,35,37)(H,38,39). The van der Waals surface area contributed by atoms with Crippen LogP contribution >= 0.6 is 0 Å². The van der Waals surface area contributed by atoms with Gasteiger partial charge in [0.1, 0.15) is 5.82 Å². The molecule has 0 unspecified atom stereocenters. The van der Waals surface area contributed by atoms with Crippen molar-refractivity contribution >= 4 is 34.7 Å². The number of carbonyl (C=O) groups is 2. The Morgan fingerprint density at radius 2 is 1.72 bits per heavy atom. The Bertz CT molecular complexity index is 1700. The summed E-state index contributed by atoms with van der Waals surface area (Å²) in [7, 11) is 0. The number of nitrogens with zero attached hydrogens (tertiary/aromatic N) is 3. The third-order valence-electron chi connectivity index (χ3n) is 6.31. The molecule has 0 bridgehead atoms. The average molecular weight is 524 g/mol. The van der Waals surface area contributed by atoms with E-state index in [9.17, 15) is 19.1 Å². The van der Waals surface area contributed by atoms with Crippen LogP contribution in [-0.2, 0) is 5.41 Å². The molecule has 0 fully saturated rings. The Balaban J connectivity index is 1.47. The first-order chi connectivity index (χ1) is 18.6. The van der Waals surface area contributed by atoms with Gasteiger partial charge in [0.05, 0.1) is 22.6 Å². The second-order valence-electron chi connectivity index (χ2n) is 10.1. The van der Waals surface area contributed by atoms with Gasteiger partial charge in [-0.05, 0) is 53.4 Å². The van der Waals surface area contributed by atoms with Crippen molar-refractivity contribution in [3.8, 4) is 11.3 Å². The topological polar surface area (TPSA) is 109 Å². The van der Waals surface area contributed by atoms with Crippen molar-refractivity contribution in [3.05, 3.63) is 108 Å². The Morgan fingerprint density at radius 1 is 0.974 bits per heavy atom. The van der Waals surface area contributed by atoms with Gasteiger partial charge in [-0.1, -0.05) is 45.0 Å². The van der Waals surface area contributed by atoms with Crippen LogP contribution in [0.1, 0.15) is 47.1 Å². The Hall–Kier alpha value is -5.05. The second kappa shape index (κ2) is 10.0.